The van der Waals surface area contributed by atoms with Crippen molar-refractivity contribution in [1.82, 2.24) is 0 Å². The number of rotatable bonds is 1. The van der Waals surface area contributed by atoms with E-state index in [4.69, 9.17) is 1.37 Å². The molecule has 1 aliphatic carbocycles. The zero-order valence-corrected chi connectivity index (χ0v) is 5.95. The summed E-state index contributed by atoms with van der Waals surface area (Å²) in [5.74, 6) is 0. The predicted octanol–water partition coefficient (Wildman–Crippen LogP) is 1.90. The van der Waals surface area contributed by atoms with E-state index in [0.717, 1.165) is 5.71 Å². The minimum absolute atomic E-state index is 0.357. The van der Waals surface area contributed by atoms with Crippen LogP contribution in [0.15, 0.2) is 29.5 Å². The maximum atomic E-state index is 7.53. The molecule has 0 aromatic rings. The number of hydrogen-bond donors (Lipinski definition) is 0. The Morgan fingerprint density at radius 1 is 1.60 bits per heavy atom. The van der Waals surface area contributed by atoms with Gasteiger partial charge >= 0.3 is 0 Å². The molecule has 2 heteroatoms. The van der Waals surface area contributed by atoms with Crippen molar-refractivity contribution >= 4 is 5.71 Å². The molecule has 0 aromatic heterocycles. The summed E-state index contributed by atoms with van der Waals surface area (Å²) in [6.07, 6.45) is 7.86. The lowest BCUT2D eigenvalue weighted by Crippen LogP contribution is -1.93. The smallest absolute Gasteiger partial charge is 0.106 e. The van der Waals surface area contributed by atoms with Gasteiger partial charge in [0.2, 0.25) is 0 Å². The van der Waals surface area contributed by atoms with Gasteiger partial charge in [-0.3, -0.25) is 0 Å². The highest BCUT2D eigenvalue weighted by molar-refractivity contribution is 5.87. The first-order valence-corrected chi connectivity index (χ1v) is 3.20. The molecule has 0 amide bonds. The highest BCUT2D eigenvalue weighted by Crippen LogP contribution is 2.01. The van der Waals surface area contributed by atoms with Gasteiger partial charge in [0.15, 0.2) is 0 Å². The van der Waals surface area contributed by atoms with E-state index in [-0.39, 0.29) is 6.40 Å². The zero-order chi connectivity index (χ0) is 8.10. The Morgan fingerprint density at radius 3 is 3.20 bits per heavy atom. The molecule has 0 saturated heterocycles. The molecular formula is C8H11NO. The summed E-state index contributed by atoms with van der Waals surface area (Å²) >= 11 is 0. The normalized spacial score (nSPS) is 29.9. The van der Waals surface area contributed by atoms with Gasteiger partial charge in [-0.25, -0.2) is 0 Å². The van der Waals surface area contributed by atoms with Gasteiger partial charge in [-0.05, 0) is 0 Å². The van der Waals surface area contributed by atoms with E-state index in [2.05, 4.69) is 9.99 Å². The van der Waals surface area contributed by atoms with Gasteiger partial charge in [0.05, 0.1) is 5.71 Å². The van der Waals surface area contributed by atoms with Crippen LogP contribution in [0.4, 0.5) is 0 Å². The maximum absolute atomic E-state index is 7.53. The minimum Gasteiger partial charge on any atom is -0.399 e. The van der Waals surface area contributed by atoms with Crippen LogP contribution in [0.5, 0.6) is 0 Å². The molecule has 0 aromatic carbocycles. The standard InChI is InChI=1S/C8H11NO/c1-10-9-8-6-4-2-3-5-7-8/h2-5H,6-7H2,1H3/i6D/b9-8-. The molecule has 0 bridgehead atoms. The minimum atomic E-state index is -0.357. The molecule has 2 nitrogen and oxygen atoms in total. The van der Waals surface area contributed by atoms with E-state index in [9.17, 15) is 0 Å². The number of allylic oxidation sites excluding steroid dienone is 4. The van der Waals surface area contributed by atoms with Gasteiger partial charge in [-0.15, -0.1) is 0 Å². The van der Waals surface area contributed by atoms with Crippen LogP contribution in [0.3, 0.4) is 0 Å². The summed E-state index contributed by atoms with van der Waals surface area (Å²) in [6, 6.07) is 0. The summed E-state index contributed by atoms with van der Waals surface area (Å²) < 4.78 is 7.53. The molecule has 0 N–H and O–H groups in total. The molecule has 0 radical (unpaired) electrons. The fourth-order valence-corrected chi connectivity index (χ4v) is 0.751. The Balaban J connectivity index is 2.71. The van der Waals surface area contributed by atoms with Crippen LogP contribution in [0.2, 0.25) is 0 Å². The van der Waals surface area contributed by atoms with Crippen LogP contribution in [0.25, 0.3) is 0 Å². The summed E-state index contributed by atoms with van der Waals surface area (Å²) in [5, 5.41) is 3.75. The number of nitrogens with zero attached hydrogens (tertiary/aromatic N) is 1. The first kappa shape index (κ1) is 5.71. The van der Waals surface area contributed by atoms with Crippen LogP contribution in [0.1, 0.15) is 14.2 Å². The lowest BCUT2D eigenvalue weighted by Gasteiger charge is -1.95. The molecule has 1 atom stereocenters. The van der Waals surface area contributed by atoms with Crippen molar-refractivity contribution in [2.45, 2.75) is 12.8 Å². The Hall–Kier alpha value is -1.05. The monoisotopic (exact) mass is 138 g/mol. The summed E-state index contributed by atoms with van der Waals surface area (Å²) in [4.78, 5) is 4.61. The van der Waals surface area contributed by atoms with Crippen LogP contribution >= 0.6 is 0 Å². The Labute approximate surface area is 62.3 Å². The first-order valence-electron chi connectivity index (χ1n) is 3.78. The van der Waals surface area contributed by atoms with Crippen molar-refractivity contribution in [2.75, 3.05) is 7.11 Å². The van der Waals surface area contributed by atoms with Crippen LogP contribution in [-0.2, 0) is 4.84 Å². The molecule has 1 rings (SSSR count). The predicted molar refractivity (Wildman–Crippen MR) is 42.0 cm³/mol. The van der Waals surface area contributed by atoms with Crippen molar-refractivity contribution in [3.8, 4) is 0 Å². The fraction of sp³-hybridized carbons (Fsp3) is 0.375. The second-order valence-corrected chi connectivity index (χ2v) is 1.95. The largest absolute Gasteiger partial charge is 0.399 e. The summed E-state index contributed by atoms with van der Waals surface area (Å²) in [7, 11) is 1.50. The summed E-state index contributed by atoms with van der Waals surface area (Å²) in [6.45, 7) is 0. The van der Waals surface area contributed by atoms with Gasteiger partial charge in [-0.1, -0.05) is 29.5 Å². The topological polar surface area (TPSA) is 21.6 Å². The molecule has 54 valence electrons. The maximum Gasteiger partial charge on any atom is 0.106 e. The lowest BCUT2D eigenvalue weighted by atomic mass is 10.2. The van der Waals surface area contributed by atoms with Crippen molar-refractivity contribution in [1.29, 1.82) is 0 Å². The molecular weight excluding hydrogens is 126 g/mol. The van der Waals surface area contributed by atoms with Crippen molar-refractivity contribution in [3.05, 3.63) is 24.3 Å². The fourth-order valence-electron chi connectivity index (χ4n) is 0.751. The van der Waals surface area contributed by atoms with Crippen LogP contribution in [-0.4, -0.2) is 12.8 Å². The Kier molecular flexibility index (Phi) is 2.22. The van der Waals surface area contributed by atoms with E-state index in [1.165, 1.54) is 7.11 Å². The van der Waals surface area contributed by atoms with Crippen molar-refractivity contribution in [2.24, 2.45) is 5.16 Å². The second-order valence-electron chi connectivity index (χ2n) is 1.95. The Bertz CT molecular complexity index is 208. The van der Waals surface area contributed by atoms with Crippen molar-refractivity contribution in [3.63, 3.8) is 0 Å². The molecule has 1 unspecified atom stereocenters. The SMILES string of the molecule is [2H]C1C=CC=CC/C1=N\OC. The average Bonchev–Trinajstić information content (AvgIpc) is 2.18. The number of hydrogen-bond acceptors (Lipinski definition) is 2. The third-order valence-corrected chi connectivity index (χ3v) is 1.18. The highest BCUT2D eigenvalue weighted by atomic mass is 16.6. The van der Waals surface area contributed by atoms with Gasteiger partial charge < -0.3 is 4.84 Å². The van der Waals surface area contributed by atoms with Crippen molar-refractivity contribution < 1.29 is 6.21 Å². The summed E-state index contributed by atoms with van der Waals surface area (Å²) in [5.41, 5.74) is 0.748. The quantitative estimate of drug-likeness (QED) is 0.507. The van der Waals surface area contributed by atoms with Gasteiger partial charge in [0, 0.05) is 14.2 Å². The van der Waals surface area contributed by atoms with Gasteiger partial charge in [0.25, 0.3) is 0 Å². The van der Waals surface area contributed by atoms with E-state index in [1.807, 2.05) is 18.2 Å². The molecule has 0 heterocycles. The van der Waals surface area contributed by atoms with E-state index in [1.54, 1.807) is 6.08 Å². The third kappa shape index (κ3) is 2.05. The van der Waals surface area contributed by atoms with E-state index >= 15 is 0 Å². The van der Waals surface area contributed by atoms with E-state index < -0.39 is 0 Å². The number of oxime groups is 1. The molecule has 0 spiro atoms. The third-order valence-electron chi connectivity index (χ3n) is 1.18. The lowest BCUT2D eigenvalue weighted by molar-refractivity contribution is 0.212. The Morgan fingerprint density at radius 2 is 2.40 bits per heavy atom. The molecule has 0 saturated carbocycles. The molecule has 1 aliphatic rings. The second kappa shape index (κ2) is 3.88. The zero-order valence-electron chi connectivity index (χ0n) is 6.95. The highest BCUT2D eigenvalue weighted by Gasteiger charge is 1.95. The molecule has 0 fully saturated rings. The van der Waals surface area contributed by atoms with Gasteiger partial charge in [-0.2, -0.15) is 0 Å². The molecule has 0 aliphatic heterocycles. The van der Waals surface area contributed by atoms with Crippen LogP contribution in [0, 0.1) is 0 Å². The molecule has 10 heavy (non-hydrogen) atoms. The van der Waals surface area contributed by atoms with Crippen LogP contribution < -0.4 is 0 Å². The first-order chi connectivity index (χ1) is 5.34. The average molecular weight is 138 g/mol. The van der Waals surface area contributed by atoms with Gasteiger partial charge in [0.1, 0.15) is 7.11 Å². The van der Waals surface area contributed by atoms with E-state index in [0.29, 0.717) is 6.42 Å².